The molecule has 0 fully saturated rings. The van der Waals surface area contributed by atoms with Gasteiger partial charge in [-0.1, -0.05) is 18.2 Å². The summed E-state index contributed by atoms with van der Waals surface area (Å²) < 4.78 is 41.5. The zero-order chi connectivity index (χ0) is 15.0. The first-order chi connectivity index (χ1) is 10.1. The van der Waals surface area contributed by atoms with Gasteiger partial charge in [0.25, 0.3) is 0 Å². The monoisotopic (exact) mass is 306 g/mol. The molecule has 6 heteroatoms. The van der Waals surface area contributed by atoms with E-state index in [1.165, 1.54) is 36.4 Å². The Morgan fingerprint density at radius 3 is 2.43 bits per heavy atom. The van der Waals surface area contributed by atoms with Gasteiger partial charge in [0.05, 0.1) is 17.6 Å². The molecule has 0 unspecified atom stereocenters. The summed E-state index contributed by atoms with van der Waals surface area (Å²) in [6, 6.07) is 9.08. The number of rotatable bonds is 2. The lowest BCUT2D eigenvalue weighted by Crippen LogP contribution is -2.08. The molecule has 1 heterocycles. The number of hydrogen-bond donors (Lipinski definition) is 1. The van der Waals surface area contributed by atoms with Crippen molar-refractivity contribution in [3.8, 4) is 11.1 Å². The fraction of sp³-hybridized carbons (Fsp3) is 0. The van der Waals surface area contributed by atoms with Crippen molar-refractivity contribution < 1.29 is 17.8 Å². The maximum Gasteiger partial charge on any atom is 0.204 e. The van der Waals surface area contributed by atoms with Gasteiger partial charge in [-0.3, -0.25) is 4.79 Å². The number of fused-ring (bicyclic) bond motifs is 1. The van der Waals surface area contributed by atoms with Crippen LogP contribution in [0.4, 0.5) is 8.78 Å². The van der Waals surface area contributed by atoms with Crippen molar-refractivity contribution in [1.29, 1.82) is 0 Å². The highest BCUT2D eigenvalue weighted by Crippen LogP contribution is 2.31. The molecule has 1 aromatic heterocycles. The largest absolute Gasteiger partial charge is 0.447 e. The highest BCUT2D eigenvalue weighted by molar-refractivity contribution is 7.93. The van der Waals surface area contributed by atoms with Crippen LogP contribution in [0.1, 0.15) is 0 Å². The van der Waals surface area contributed by atoms with Gasteiger partial charge in [-0.05, 0) is 29.8 Å². The van der Waals surface area contributed by atoms with Gasteiger partial charge in [-0.2, -0.15) is 0 Å². The molecule has 0 aliphatic carbocycles. The minimum absolute atomic E-state index is 0.0000926. The standard InChI is InChI=1S/C15H8F2O3S/c16-9-6-4-8(5-7-9)12-14(18)13-10(17)2-1-3-11(13)20-15(12)21-19/h1-7,19H. The van der Waals surface area contributed by atoms with Crippen LogP contribution in [0.2, 0.25) is 0 Å². The summed E-state index contributed by atoms with van der Waals surface area (Å²) in [5, 5.41) is -0.265. The minimum atomic E-state index is -0.709. The van der Waals surface area contributed by atoms with E-state index in [9.17, 15) is 18.1 Å². The topological polar surface area (TPSA) is 50.4 Å². The van der Waals surface area contributed by atoms with Crippen molar-refractivity contribution in [2.45, 2.75) is 5.09 Å². The molecule has 106 valence electrons. The molecule has 0 bridgehead atoms. The van der Waals surface area contributed by atoms with E-state index in [2.05, 4.69) is 0 Å². The van der Waals surface area contributed by atoms with Gasteiger partial charge in [0.15, 0.2) is 5.09 Å². The van der Waals surface area contributed by atoms with Crippen molar-refractivity contribution in [1.82, 2.24) is 0 Å². The van der Waals surface area contributed by atoms with Crippen molar-refractivity contribution in [3.05, 3.63) is 64.3 Å². The smallest absolute Gasteiger partial charge is 0.204 e. The quantitative estimate of drug-likeness (QED) is 0.717. The van der Waals surface area contributed by atoms with E-state index in [4.69, 9.17) is 4.42 Å². The molecule has 0 aliphatic rings. The Kier molecular flexibility index (Phi) is 3.48. The first-order valence-electron chi connectivity index (χ1n) is 5.94. The second kappa shape index (κ2) is 5.31. The van der Waals surface area contributed by atoms with Crippen LogP contribution >= 0.6 is 12.0 Å². The lowest BCUT2D eigenvalue weighted by molar-refractivity contribution is 0.486. The van der Waals surface area contributed by atoms with Crippen LogP contribution in [0.3, 0.4) is 0 Å². The molecular formula is C15H8F2O3S. The normalized spacial score (nSPS) is 11.0. The third-order valence-electron chi connectivity index (χ3n) is 3.05. The molecule has 0 atom stereocenters. The van der Waals surface area contributed by atoms with Crippen LogP contribution < -0.4 is 5.43 Å². The van der Waals surface area contributed by atoms with E-state index >= 15 is 0 Å². The van der Waals surface area contributed by atoms with Crippen LogP contribution in [0.25, 0.3) is 22.1 Å². The molecule has 0 saturated carbocycles. The van der Waals surface area contributed by atoms with Gasteiger partial charge in [0.1, 0.15) is 22.6 Å². The molecule has 3 rings (SSSR count). The first kappa shape index (κ1) is 13.8. The predicted octanol–water partition coefficient (Wildman–Crippen LogP) is 4.30. The average molecular weight is 306 g/mol. The third kappa shape index (κ3) is 2.32. The highest BCUT2D eigenvalue weighted by atomic mass is 32.2. The minimum Gasteiger partial charge on any atom is -0.447 e. The SMILES string of the molecule is O=c1c(-c2ccc(F)cc2)c(SO)oc2cccc(F)c12. The molecule has 0 amide bonds. The predicted molar refractivity (Wildman–Crippen MR) is 76.3 cm³/mol. The Hall–Kier alpha value is -2.18. The number of benzene rings is 2. The van der Waals surface area contributed by atoms with Gasteiger partial charge < -0.3 is 8.97 Å². The molecule has 0 spiro atoms. The summed E-state index contributed by atoms with van der Waals surface area (Å²) in [6.45, 7) is 0. The van der Waals surface area contributed by atoms with E-state index in [0.717, 1.165) is 6.07 Å². The van der Waals surface area contributed by atoms with Gasteiger partial charge in [-0.25, -0.2) is 8.78 Å². The molecule has 3 nitrogen and oxygen atoms in total. The molecular weight excluding hydrogens is 298 g/mol. The Labute approximate surface area is 122 Å². The Balaban J connectivity index is 2.41. The maximum absolute atomic E-state index is 13.9. The van der Waals surface area contributed by atoms with Crippen molar-refractivity contribution >= 4 is 23.0 Å². The van der Waals surface area contributed by atoms with Crippen LogP contribution in [0.5, 0.6) is 0 Å². The summed E-state index contributed by atoms with van der Waals surface area (Å²) in [6.07, 6.45) is 0. The molecule has 21 heavy (non-hydrogen) atoms. The van der Waals surface area contributed by atoms with Gasteiger partial charge in [-0.15, -0.1) is 0 Å². The Morgan fingerprint density at radius 2 is 1.76 bits per heavy atom. The summed E-state index contributed by atoms with van der Waals surface area (Å²) in [4.78, 5) is 12.5. The Morgan fingerprint density at radius 1 is 1.05 bits per heavy atom. The average Bonchev–Trinajstić information content (AvgIpc) is 2.48. The molecule has 0 radical (unpaired) electrons. The van der Waals surface area contributed by atoms with Crippen LogP contribution in [0.15, 0.2) is 56.8 Å². The Bertz CT molecular complexity index is 872. The van der Waals surface area contributed by atoms with E-state index in [-0.39, 0.29) is 33.7 Å². The summed E-state index contributed by atoms with van der Waals surface area (Å²) >= 11 is 0.246. The van der Waals surface area contributed by atoms with Gasteiger partial charge >= 0.3 is 0 Å². The molecule has 0 saturated heterocycles. The molecule has 3 aromatic rings. The fourth-order valence-corrected chi connectivity index (χ4v) is 2.54. The summed E-state index contributed by atoms with van der Waals surface area (Å²) in [5.74, 6) is -1.17. The van der Waals surface area contributed by atoms with Gasteiger partial charge in [0.2, 0.25) is 5.43 Å². The molecule has 0 aliphatic heterocycles. The van der Waals surface area contributed by atoms with E-state index in [1.54, 1.807) is 0 Å². The fourth-order valence-electron chi connectivity index (χ4n) is 2.11. The van der Waals surface area contributed by atoms with Crippen LogP contribution in [-0.4, -0.2) is 4.55 Å². The summed E-state index contributed by atoms with van der Waals surface area (Å²) in [7, 11) is 0. The zero-order valence-corrected chi connectivity index (χ0v) is 11.3. The molecule has 1 N–H and O–H groups in total. The summed E-state index contributed by atoms with van der Waals surface area (Å²) in [5.41, 5.74) is -0.230. The van der Waals surface area contributed by atoms with E-state index in [1.807, 2.05) is 0 Å². The lowest BCUT2D eigenvalue weighted by Gasteiger charge is -2.07. The lowest BCUT2D eigenvalue weighted by atomic mass is 10.1. The highest BCUT2D eigenvalue weighted by Gasteiger charge is 2.18. The van der Waals surface area contributed by atoms with Crippen LogP contribution in [0, 0.1) is 11.6 Å². The van der Waals surface area contributed by atoms with Crippen LogP contribution in [-0.2, 0) is 0 Å². The zero-order valence-electron chi connectivity index (χ0n) is 10.5. The van der Waals surface area contributed by atoms with Gasteiger partial charge in [0, 0.05) is 0 Å². The number of hydrogen-bond acceptors (Lipinski definition) is 4. The van der Waals surface area contributed by atoms with Crippen molar-refractivity contribution in [2.75, 3.05) is 0 Å². The number of halogens is 2. The maximum atomic E-state index is 13.9. The van der Waals surface area contributed by atoms with Crippen molar-refractivity contribution in [2.24, 2.45) is 0 Å². The first-order valence-corrected chi connectivity index (χ1v) is 6.72. The van der Waals surface area contributed by atoms with E-state index < -0.39 is 17.1 Å². The third-order valence-corrected chi connectivity index (χ3v) is 3.51. The van der Waals surface area contributed by atoms with E-state index in [0.29, 0.717) is 5.56 Å². The molecule has 2 aromatic carbocycles. The second-order valence-corrected chi connectivity index (χ2v) is 4.86. The second-order valence-electron chi connectivity index (χ2n) is 4.30. The van der Waals surface area contributed by atoms with Crippen molar-refractivity contribution in [3.63, 3.8) is 0 Å².